The summed E-state index contributed by atoms with van der Waals surface area (Å²) in [6, 6.07) is 57.7. The summed E-state index contributed by atoms with van der Waals surface area (Å²) in [5.41, 5.74) is 6.06. The maximum absolute atomic E-state index is 13.9. The van der Waals surface area contributed by atoms with Crippen LogP contribution in [0.4, 0.5) is 0 Å². The van der Waals surface area contributed by atoms with Crippen molar-refractivity contribution in [3.63, 3.8) is 0 Å². The molecule has 0 bridgehead atoms. The second kappa shape index (κ2) is 27.5. The second-order valence-corrected chi connectivity index (χ2v) is 16.6. The molecular weight excluding hydrogens is 852 g/mol. The number of rotatable bonds is 16. The number of esters is 1. The number of benzene rings is 6. The Morgan fingerprint density at radius 3 is 1.13 bits per heavy atom. The minimum absolute atomic E-state index is 0. The predicted molar refractivity (Wildman–Crippen MR) is 259 cm³/mol. The number of nitrogens with zero attached hydrogens (tertiary/aromatic N) is 2. The molecule has 350 valence electrons. The van der Waals surface area contributed by atoms with Crippen LogP contribution >= 0.6 is 0 Å². The normalized spacial score (nSPS) is 17.2. The molecule has 2 fully saturated rings. The standard InChI is InChI=1S/C28H30N2O3.C27H28N2O3.Li.2H2O/c1-33-28(32)25-19-24(29-18-17-21-11-5-2-6-12-21)20-30(25)27(31)26(22-13-7-3-8-14-22)23-15-9-4-10-16-23;30-26(25(21-12-6-2-7-13-21)22-14-8-3-9-15-22)29-19-23(18-24(29)27(31)32)28-17-16-20-10-4-1-5-11-20;;;/h2-16,24-26,29H,17-20H2,1H3;1-15,23-25,28H,16-19H2,(H,31,32);;2*1H2/q;;+1;;/p-1/t24-,25-;23-,24-;;;/m00.../s1. The van der Waals surface area contributed by atoms with Crippen LogP contribution in [0.3, 0.4) is 0 Å². The zero-order valence-electron chi connectivity index (χ0n) is 38.8. The molecule has 0 spiro atoms. The molecule has 0 aromatic heterocycles. The number of carbonyl (C=O) groups excluding carboxylic acids is 3. The second-order valence-electron chi connectivity index (χ2n) is 16.6. The Kier molecular flexibility index (Phi) is 21.9. The van der Waals surface area contributed by atoms with Crippen LogP contribution in [0, 0.1) is 0 Å². The molecule has 6 N–H and O–H groups in total. The first kappa shape index (κ1) is 54.2. The van der Waals surface area contributed by atoms with Gasteiger partial charge in [-0.2, -0.15) is 0 Å². The number of carboxylic acids is 1. The number of nitrogens with one attached hydrogen (secondary N) is 2. The zero-order chi connectivity index (χ0) is 45.4. The molecular formula is C55H61LiN4O8. The van der Waals surface area contributed by atoms with Gasteiger partial charge in [-0.15, -0.1) is 0 Å². The van der Waals surface area contributed by atoms with Crippen molar-refractivity contribution in [3.05, 3.63) is 215 Å². The Hall–Kier alpha value is -6.36. The van der Waals surface area contributed by atoms with Crippen LogP contribution < -0.4 is 29.5 Å². The average molecular weight is 913 g/mol. The van der Waals surface area contributed by atoms with Crippen molar-refractivity contribution in [3.8, 4) is 0 Å². The first-order valence-electron chi connectivity index (χ1n) is 22.5. The minimum atomic E-state index is -0.953. The van der Waals surface area contributed by atoms with Crippen LogP contribution in [0.5, 0.6) is 0 Å². The van der Waals surface area contributed by atoms with Gasteiger partial charge in [0.15, 0.2) is 0 Å². The van der Waals surface area contributed by atoms with Gasteiger partial charge in [0.25, 0.3) is 0 Å². The number of hydrogen-bond donors (Lipinski definition) is 3. The number of likely N-dealkylation sites (tertiary alicyclic amines) is 2. The van der Waals surface area contributed by atoms with E-state index < -0.39 is 29.9 Å². The van der Waals surface area contributed by atoms with Gasteiger partial charge < -0.3 is 41.2 Å². The van der Waals surface area contributed by atoms with Crippen molar-refractivity contribution in [1.82, 2.24) is 20.4 Å². The summed E-state index contributed by atoms with van der Waals surface area (Å²) in [5, 5.41) is 16.9. The molecule has 2 heterocycles. The Morgan fingerprint density at radius 1 is 0.529 bits per heavy atom. The quantitative estimate of drug-likeness (QED) is 0.0965. The van der Waals surface area contributed by atoms with Gasteiger partial charge in [-0.25, -0.2) is 9.59 Å². The van der Waals surface area contributed by atoms with E-state index in [0.717, 1.165) is 48.2 Å². The number of aliphatic carboxylic acids is 1. The summed E-state index contributed by atoms with van der Waals surface area (Å²) in [6.45, 7) is 2.39. The van der Waals surface area contributed by atoms with Crippen molar-refractivity contribution in [2.24, 2.45) is 0 Å². The molecule has 8 rings (SSSR count). The molecule has 13 heteroatoms. The predicted octanol–water partition coefficient (Wildman–Crippen LogP) is 3.50. The maximum atomic E-state index is 13.9. The van der Waals surface area contributed by atoms with Gasteiger partial charge in [0.1, 0.15) is 12.1 Å². The number of amides is 2. The molecule has 12 nitrogen and oxygen atoms in total. The fourth-order valence-corrected chi connectivity index (χ4v) is 9.05. The summed E-state index contributed by atoms with van der Waals surface area (Å²) in [6.07, 6.45) is 2.71. The molecule has 2 aliphatic rings. The average Bonchev–Trinajstić information content (AvgIpc) is 3.99. The Balaban J connectivity index is 0.000000284. The summed E-state index contributed by atoms with van der Waals surface area (Å²) in [7, 11) is 1.38. The largest absolute Gasteiger partial charge is 1.00 e. The van der Waals surface area contributed by atoms with Crippen LogP contribution in [0.1, 0.15) is 58.1 Å². The molecule has 4 atom stereocenters. The Bertz CT molecular complexity index is 2340. The van der Waals surface area contributed by atoms with E-state index in [9.17, 15) is 24.3 Å². The van der Waals surface area contributed by atoms with Crippen LogP contribution in [0.2, 0.25) is 0 Å². The van der Waals surface area contributed by atoms with E-state index in [1.54, 1.807) is 9.80 Å². The molecule has 2 aliphatic heterocycles. The molecule has 68 heavy (non-hydrogen) atoms. The van der Waals surface area contributed by atoms with Crippen LogP contribution in [0.15, 0.2) is 182 Å². The van der Waals surface area contributed by atoms with E-state index >= 15 is 0 Å². The Labute approximate surface area is 411 Å². The van der Waals surface area contributed by atoms with Crippen LogP contribution in [-0.2, 0) is 36.8 Å². The summed E-state index contributed by atoms with van der Waals surface area (Å²) >= 11 is 0. The van der Waals surface area contributed by atoms with Gasteiger partial charge in [0, 0.05) is 25.2 Å². The van der Waals surface area contributed by atoms with Crippen molar-refractivity contribution >= 4 is 23.8 Å². The topological polar surface area (TPSA) is 190 Å². The Morgan fingerprint density at radius 2 is 0.824 bits per heavy atom. The van der Waals surface area contributed by atoms with Gasteiger partial charge in [0.2, 0.25) is 11.8 Å². The number of methoxy groups -OCH3 is 1. The van der Waals surface area contributed by atoms with Crippen LogP contribution in [0.25, 0.3) is 0 Å². The van der Waals surface area contributed by atoms with Gasteiger partial charge in [-0.1, -0.05) is 182 Å². The number of carboxylic acid groups (broad SMARTS) is 1. The number of ether oxygens (including phenoxy) is 1. The molecule has 0 radical (unpaired) electrons. The van der Waals surface area contributed by atoms with E-state index in [1.165, 1.54) is 18.2 Å². The van der Waals surface area contributed by atoms with Crippen molar-refractivity contribution in [1.29, 1.82) is 0 Å². The fraction of sp³-hybridized carbons (Fsp3) is 0.273. The molecule has 2 saturated heterocycles. The summed E-state index contributed by atoms with van der Waals surface area (Å²) < 4.78 is 5.07. The van der Waals surface area contributed by atoms with Crippen LogP contribution in [-0.4, -0.2) is 107 Å². The molecule has 0 saturated carbocycles. The number of hydrogen-bond acceptors (Lipinski definition) is 8. The maximum Gasteiger partial charge on any atom is 1.00 e. The SMILES string of the molecule is COC(=O)[C@@H]1C[C@H](NCCc2ccccc2)CN1C(=O)C(c1ccccc1)c1ccccc1.O.O=C(O)[C@@H]1C[C@H](NCCc2ccccc2)CN1C(=O)C(c1ccccc1)c1ccccc1.[Li+].[OH-]. The van der Waals surface area contributed by atoms with Gasteiger partial charge in [0.05, 0.1) is 18.9 Å². The molecule has 6 aromatic rings. The summed E-state index contributed by atoms with van der Waals surface area (Å²) in [4.78, 5) is 55.6. The van der Waals surface area contributed by atoms with E-state index in [-0.39, 0.29) is 59.7 Å². The molecule has 2 amide bonds. The number of carbonyl (C=O) groups is 4. The third-order valence-corrected chi connectivity index (χ3v) is 12.3. The smallest absolute Gasteiger partial charge is 0.870 e. The van der Waals surface area contributed by atoms with E-state index in [4.69, 9.17) is 4.74 Å². The van der Waals surface area contributed by atoms with Gasteiger partial charge in [-0.3, -0.25) is 9.59 Å². The fourth-order valence-electron chi connectivity index (χ4n) is 9.05. The van der Waals surface area contributed by atoms with Crippen molar-refractivity contribution < 1.29 is 58.8 Å². The van der Waals surface area contributed by atoms with Crippen molar-refractivity contribution in [2.75, 3.05) is 33.3 Å². The van der Waals surface area contributed by atoms with E-state index in [1.807, 2.05) is 158 Å². The molecule has 0 aliphatic carbocycles. The molecule has 0 unspecified atom stereocenters. The van der Waals surface area contributed by atoms with Gasteiger partial charge >= 0.3 is 30.8 Å². The zero-order valence-corrected chi connectivity index (χ0v) is 38.8. The van der Waals surface area contributed by atoms with Crippen molar-refractivity contribution in [2.45, 2.75) is 61.7 Å². The third kappa shape index (κ3) is 14.3. The van der Waals surface area contributed by atoms with E-state index in [0.29, 0.717) is 25.9 Å². The van der Waals surface area contributed by atoms with E-state index in [2.05, 4.69) is 34.9 Å². The minimum Gasteiger partial charge on any atom is -0.870 e. The first-order valence-corrected chi connectivity index (χ1v) is 22.5. The van der Waals surface area contributed by atoms with Gasteiger partial charge in [-0.05, 0) is 72.2 Å². The molecule has 6 aromatic carbocycles. The third-order valence-electron chi connectivity index (χ3n) is 12.3. The first-order chi connectivity index (χ1) is 31.8. The summed E-state index contributed by atoms with van der Waals surface area (Å²) in [5.74, 6) is -2.55. The monoisotopic (exact) mass is 912 g/mol.